The first-order chi connectivity index (χ1) is 11.8. The SMILES string of the molecule is CC(C)(C)N1CC2C3CC(CC3OC(=O)CN3CCCCC3)C2C1=O. The second-order valence-corrected chi connectivity index (χ2v) is 9.57. The van der Waals surface area contributed by atoms with Gasteiger partial charge in [-0.25, -0.2) is 0 Å². The Kier molecular flexibility index (Phi) is 4.33. The Morgan fingerprint density at radius 2 is 1.84 bits per heavy atom. The van der Waals surface area contributed by atoms with E-state index < -0.39 is 0 Å². The lowest BCUT2D eigenvalue weighted by molar-refractivity contribution is -0.154. The molecule has 0 aromatic heterocycles. The molecule has 140 valence electrons. The number of nitrogens with zero attached hydrogens (tertiary/aromatic N) is 2. The Hall–Kier alpha value is -1.10. The van der Waals surface area contributed by atoms with Crippen LogP contribution in [0.5, 0.6) is 0 Å². The van der Waals surface area contributed by atoms with Gasteiger partial charge in [-0.05, 0) is 71.4 Å². The maximum absolute atomic E-state index is 12.8. The zero-order chi connectivity index (χ0) is 17.8. The highest BCUT2D eigenvalue weighted by Crippen LogP contribution is 2.57. The first-order valence-corrected chi connectivity index (χ1v) is 10.1. The summed E-state index contributed by atoms with van der Waals surface area (Å²) in [6.45, 7) is 9.67. The molecule has 25 heavy (non-hydrogen) atoms. The summed E-state index contributed by atoms with van der Waals surface area (Å²) >= 11 is 0. The standard InChI is InChI=1S/C20H32N2O3/c1-20(2,3)22-11-15-14-9-13(18(15)19(22)24)10-16(14)25-17(23)12-21-7-5-4-6-8-21/h13-16,18H,4-12H2,1-3H3. The van der Waals surface area contributed by atoms with Crippen LogP contribution < -0.4 is 0 Å². The van der Waals surface area contributed by atoms with E-state index >= 15 is 0 Å². The Morgan fingerprint density at radius 1 is 1.12 bits per heavy atom. The Labute approximate surface area is 151 Å². The second kappa shape index (κ2) is 6.26. The predicted octanol–water partition coefficient (Wildman–Crippen LogP) is 2.30. The number of rotatable bonds is 3. The maximum Gasteiger partial charge on any atom is 0.320 e. The average molecular weight is 348 g/mol. The summed E-state index contributed by atoms with van der Waals surface area (Å²) in [5.74, 6) is 1.65. The molecule has 5 nitrogen and oxygen atoms in total. The van der Waals surface area contributed by atoms with Crippen LogP contribution in [-0.4, -0.2) is 59.5 Å². The zero-order valence-corrected chi connectivity index (χ0v) is 15.9. The molecule has 5 heteroatoms. The van der Waals surface area contributed by atoms with Crippen molar-refractivity contribution in [1.82, 2.24) is 9.80 Å². The van der Waals surface area contributed by atoms with Crippen LogP contribution in [0.4, 0.5) is 0 Å². The molecule has 1 amide bonds. The molecule has 2 saturated heterocycles. The van der Waals surface area contributed by atoms with Gasteiger partial charge in [-0.3, -0.25) is 14.5 Å². The summed E-state index contributed by atoms with van der Waals surface area (Å²) in [4.78, 5) is 29.5. The number of hydrogen-bond acceptors (Lipinski definition) is 4. The van der Waals surface area contributed by atoms with E-state index in [0.717, 1.165) is 32.5 Å². The van der Waals surface area contributed by atoms with E-state index in [9.17, 15) is 9.59 Å². The number of piperidine rings is 1. The first-order valence-electron chi connectivity index (χ1n) is 10.1. The number of fused-ring (bicyclic) bond motifs is 5. The average Bonchev–Trinajstić information content (AvgIpc) is 3.19. The van der Waals surface area contributed by atoms with Gasteiger partial charge in [0.1, 0.15) is 6.10 Å². The van der Waals surface area contributed by atoms with Gasteiger partial charge in [0, 0.05) is 23.9 Å². The van der Waals surface area contributed by atoms with Crippen molar-refractivity contribution >= 4 is 11.9 Å². The summed E-state index contributed by atoms with van der Waals surface area (Å²) in [5, 5.41) is 0. The highest BCUT2D eigenvalue weighted by molar-refractivity contribution is 5.83. The molecule has 5 atom stereocenters. The summed E-state index contributed by atoms with van der Waals surface area (Å²) in [6, 6.07) is 0. The van der Waals surface area contributed by atoms with Crippen molar-refractivity contribution in [3.05, 3.63) is 0 Å². The van der Waals surface area contributed by atoms with Crippen LogP contribution in [0.1, 0.15) is 52.9 Å². The minimum absolute atomic E-state index is 0.0382. The van der Waals surface area contributed by atoms with Crippen molar-refractivity contribution < 1.29 is 14.3 Å². The molecule has 4 rings (SSSR count). The van der Waals surface area contributed by atoms with E-state index in [-0.39, 0.29) is 23.5 Å². The topological polar surface area (TPSA) is 49.9 Å². The number of hydrogen-bond donors (Lipinski definition) is 0. The summed E-state index contributed by atoms with van der Waals surface area (Å²) in [5.41, 5.74) is -0.110. The summed E-state index contributed by atoms with van der Waals surface area (Å²) < 4.78 is 5.90. The zero-order valence-electron chi connectivity index (χ0n) is 15.9. The molecule has 0 aromatic carbocycles. The molecule has 2 heterocycles. The Bertz CT molecular complexity index is 550. The number of carbonyl (C=O) groups is 2. The number of carbonyl (C=O) groups excluding carboxylic acids is 2. The van der Waals surface area contributed by atoms with Gasteiger partial charge in [0.05, 0.1) is 6.54 Å². The molecule has 2 bridgehead atoms. The fourth-order valence-electron chi connectivity index (χ4n) is 5.79. The second-order valence-electron chi connectivity index (χ2n) is 9.57. The Balaban J connectivity index is 1.36. The van der Waals surface area contributed by atoms with Gasteiger partial charge in [-0.1, -0.05) is 6.42 Å². The largest absolute Gasteiger partial charge is 0.461 e. The van der Waals surface area contributed by atoms with E-state index in [1.165, 1.54) is 19.3 Å². The normalized spacial score (nSPS) is 38.3. The quantitative estimate of drug-likeness (QED) is 0.735. The van der Waals surface area contributed by atoms with Crippen LogP contribution in [0.25, 0.3) is 0 Å². The molecule has 2 aliphatic carbocycles. The highest BCUT2D eigenvalue weighted by Gasteiger charge is 2.61. The van der Waals surface area contributed by atoms with Gasteiger partial charge in [0.25, 0.3) is 0 Å². The van der Waals surface area contributed by atoms with Gasteiger partial charge in [-0.15, -0.1) is 0 Å². The maximum atomic E-state index is 12.8. The van der Waals surface area contributed by atoms with Gasteiger partial charge in [-0.2, -0.15) is 0 Å². The third-order valence-electron chi connectivity index (χ3n) is 6.95. The molecular formula is C20H32N2O3. The molecule has 2 saturated carbocycles. The van der Waals surface area contributed by atoms with Crippen LogP contribution in [0, 0.1) is 23.7 Å². The van der Waals surface area contributed by atoms with Crippen molar-refractivity contribution in [3.8, 4) is 0 Å². The van der Waals surface area contributed by atoms with E-state index in [1.54, 1.807) is 0 Å². The predicted molar refractivity (Wildman–Crippen MR) is 94.8 cm³/mol. The molecule has 4 fully saturated rings. The van der Waals surface area contributed by atoms with Gasteiger partial charge >= 0.3 is 5.97 Å². The molecule has 0 radical (unpaired) electrons. The molecule has 0 N–H and O–H groups in total. The number of amides is 1. The van der Waals surface area contributed by atoms with Crippen molar-refractivity contribution in [3.63, 3.8) is 0 Å². The van der Waals surface area contributed by atoms with Crippen molar-refractivity contribution in [2.45, 2.75) is 64.5 Å². The van der Waals surface area contributed by atoms with Crippen LogP contribution in [0.3, 0.4) is 0 Å². The fourth-order valence-corrected chi connectivity index (χ4v) is 5.79. The highest BCUT2D eigenvalue weighted by atomic mass is 16.5. The minimum Gasteiger partial charge on any atom is -0.461 e. The van der Waals surface area contributed by atoms with Gasteiger partial charge in [0.2, 0.25) is 5.91 Å². The van der Waals surface area contributed by atoms with Crippen LogP contribution in [0.2, 0.25) is 0 Å². The van der Waals surface area contributed by atoms with Crippen molar-refractivity contribution in [2.24, 2.45) is 23.7 Å². The van der Waals surface area contributed by atoms with E-state index in [2.05, 4.69) is 30.6 Å². The van der Waals surface area contributed by atoms with Crippen molar-refractivity contribution in [2.75, 3.05) is 26.2 Å². The molecule has 4 aliphatic rings. The monoisotopic (exact) mass is 348 g/mol. The third kappa shape index (κ3) is 3.09. The van der Waals surface area contributed by atoms with Crippen molar-refractivity contribution in [1.29, 1.82) is 0 Å². The molecule has 0 spiro atoms. The number of likely N-dealkylation sites (tertiary alicyclic amines) is 2. The summed E-state index contributed by atoms with van der Waals surface area (Å²) in [6.07, 6.45) is 5.66. The Morgan fingerprint density at radius 3 is 2.52 bits per heavy atom. The van der Waals surface area contributed by atoms with Gasteiger partial charge in [0.15, 0.2) is 0 Å². The van der Waals surface area contributed by atoms with E-state index in [1.807, 2.05) is 0 Å². The lowest BCUT2D eigenvalue weighted by atomic mass is 9.80. The van der Waals surface area contributed by atoms with Crippen LogP contribution in [0.15, 0.2) is 0 Å². The van der Waals surface area contributed by atoms with E-state index in [4.69, 9.17) is 4.74 Å². The third-order valence-corrected chi connectivity index (χ3v) is 6.95. The van der Waals surface area contributed by atoms with E-state index in [0.29, 0.717) is 30.2 Å². The smallest absolute Gasteiger partial charge is 0.320 e. The number of ether oxygens (including phenoxy) is 1. The molecular weight excluding hydrogens is 316 g/mol. The molecule has 2 aliphatic heterocycles. The summed E-state index contributed by atoms with van der Waals surface area (Å²) in [7, 11) is 0. The fraction of sp³-hybridized carbons (Fsp3) is 0.900. The lowest BCUT2D eigenvalue weighted by Gasteiger charge is -2.33. The van der Waals surface area contributed by atoms with Crippen LogP contribution >= 0.6 is 0 Å². The van der Waals surface area contributed by atoms with Crippen LogP contribution in [-0.2, 0) is 14.3 Å². The number of esters is 1. The lowest BCUT2D eigenvalue weighted by Crippen LogP contribution is -2.43. The molecule has 5 unspecified atom stereocenters. The first kappa shape index (κ1) is 17.3. The molecule has 0 aromatic rings. The van der Waals surface area contributed by atoms with Gasteiger partial charge < -0.3 is 9.64 Å². The minimum atomic E-state index is -0.110.